The van der Waals surface area contributed by atoms with Crippen LogP contribution in [0.1, 0.15) is 29.1 Å². The van der Waals surface area contributed by atoms with Gasteiger partial charge < -0.3 is 9.13 Å². The van der Waals surface area contributed by atoms with Crippen LogP contribution in [-0.4, -0.2) is 44.0 Å². The first-order valence-electron chi connectivity index (χ1n) is 25.2. The summed E-state index contributed by atoms with van der Waals surface area (Å²) in [6.45, 7) is 0. The van der Waals surface area contributed by atoms with Gasteiger partial charge in [0.2, 0.25) is 0 Å². The van der Waals surface area contributed by atoms with E-state index >= 15 is 0 Å². The van der Waals surface area contributed by atoms with E-state index < -0.39 is 0 Å². The molecule has 10 nitrogen and oxygen atoms in total. The minimum atomic E-state index is 0.422. The lowest BCUT2D eigenvalue weighted by molar-refractivity contribution is 0.885. The lowest BCUT2D eigenvalue weighted by Crippen LogP contribution is -2.11. The Hall–Kier alpha value is -10.5. The molecule has 0 N–H and O–H groups in total. The summed E-state index contributed by atoms with van der Waals surface area (Å²) < 4.78 is 4.65. The zero-order chi connectivity index (χ0) is 50.5. The number of hydrogen-bond acceptors (Lipinski definition) is 8. The van der Waals surface area contributed by atoms with Crippen LogP contribution < -0.4 is 0 Å². The van der Waals surface area contributed by atoms with Crippen LogP contribution in [0.5, 0.6) is 0 Å². The van der Waals surface area contributed by atoms with E-state index in [0.717, 1.165) is 88.7 Å². The fraction of sp³-hybridized carbons (Fsp3) is 0.0303. The maximum Gasteiger partial charge on any atom is 0.166 e. The average Bonchev–Trinajstić information content (AvgIpc) is 4.04. The first kappa shape index (κ1) is 44.2. The van der Waals surface area contributed by atoms with Crippen molar-refractivity contribution in [3.63, 3.8) is 0 Å². The molecule has 0 aliphatic heterocycles. The number of allylic oxidation sites excluding steroid dienone is 1. The second-order valence-corrected chi connectivity index (χ2v) is 18.8. The van der Waals surface area contributed by atoms with E-state index in [-0.39, 0.29) is 0 Å². The van der Waals surface area contributed by atoms with Crippen molar-refractivity contribution in [3.05, 3.63) is 247 Å². The van der Waals surface area contributed by atoms with Crippen LogP contribution in [0.4, 0.5) is 0 Å². The smallest absolute Gasteiger partial charge is 0.166 e. The molecule has 1 aliphatic rings. The maximum absolute atomic E-state index is 11.0. The average molecular weight is 975 g/mol. The predicted molar refractivity (Wildman–Crippen MR) is 302 cm³/mol. The topological polar surface area (TPSA) is 124 Å². The Morgan fingerprint density at radius 2 is 0.829 bits per heavy atom. The van der Waals surface area contributed by atoms with Crippen molar-refractivity contribution in [2.45, 2.75) is 12.8 Å². The first-order chi connectivity index (χ1) is 37.6. The van der Waals surface area contributed by atoms with Crippen molar-refractivity contribution in [2.75, 3.05) is 0 Å². The van der Waals surface area contributed by atoms with Gasteiger partial charge in [-0.3, -0.25) is 4.98 Å². The van der Waals surface area contributed by atoms with Gasteiger partial charge in [-0.05, 0) is 67.0 Å². The molecule has 356 valence electrons. The van der Waals surface area contributed by atoms with E-state index in [1.54, 1.807) is 0 Å². The number of pyridine rings is 1. The Morgan fingerprint density at radius 1 is 0.395 bits per heavy atom. The number of aromatic nitrogens is 9. The number of nitrogens with zero attached hydrogens (tertiary/aromatic N) is 10. The number of fused-ring (bicyclic) bond motifs is 6. The van der Waals surface area contributed by atoms with Gasteiger partial charge in [0, 0.05) is 72.7 Å². The van der Waals surface area contributed by atoms with E-state index in [0.29, 0.717) is 64.6 Å². The van der Waals surface area contributed by atoms with E-state index in [2.05, 4.69) is 100 Å². The van der Waals surface area contributed by atoms with Crippen LogP contribution in [0.3, 0.4) is 0 Å². The number of para-hydroxylation sites is 3. The van der Waals surface area contributed by atoms with Crippen LogP contribution >= 0.6 is 0 Å². The van der Waals surface area contributed by atoms with Crippen molar-refractivity contribution in [1.29, 1.82) is 5.26 Å². The third-order valence-corrected chi connectivity index (χ3v) is 14.2. The molecule has 0 radical (unpaired) electrons. The van der Waals surface area contributed by atoms with Gasteiger partial charge in [-0.2, -0.15) is 5.26 Å². The normalized spacial score (nSPS) is 12.2. The van der Waals surface area contributed by atoms with E-state index in [1.807, 2.05) is 146 Å². The van der Waals surface area contributed by atoms with Gasteiger partial charge in [0.25, 0.3) is 0 Å². The zero-order valence-corrected chi connectivity index (χ0v) is 40.8. The summed E-state index contributed by atoms with van der Waals surface area (Å²) in [4.78, 5) is 36.2. The van der Waals surface area contributed by atoms with Crippen molar-refractivity contribution >= 4 is 44.4 Å². The highest BCUT2D eigenvalue weighted by atomic mass is 15.1. The van der Waals surface area contributed by atoms with Crippen molar-refractivity contribution in [3.8, 4) is 85.6 Å². The molecule has 1 aliphatic carbocycles. The van der Waals surface area contributed by atoms with Crippen LogP contribution in [0.2, 0.25) is 0 Å². The Morgan fingerprint density at radius 3 is 1.34 bits per heavy atom. The second-order valence-electron chi connectivity index (χ2n) is 18.8. The summed E-state index contributed by atoms with van der Waals surface area (Å²) >= 11 is 0. The summed E-state index contributed by atoms with van der Waals surface area (Å²) in [5, 5.41) is 14.4. The molecule has 0 spiro atoms. The Labute approximate surface area is 437 Å². The molecule has 0 bridgehead atoms. The highest BCUT2D eigenvalue weighted by molar-refractivity contribution is 6.09. The van der Waals surface area contributed by atoms with Gasteiger partial charge in [0.05, 0.1) is 39.6 Å². The molecule has 5 aromatic heterocycles. The number of hydrogen-bond donors (Lipinski definition) is 0. The summed E-state index contributed by atoms with van der Waals surface area (Å²) in [5.41, 5.74) is 14.0. The Bertz CT molecular complexity index is 4290. The van der Waals surface area contributed by atoms with Gasteiger partial charge in [0.15, 0.2) is 34.9 Å². The van der Waals surface area contributed by atoms with Crippen LogP contribution in [0.25, 0.3) is 124 Å². The van der Waals surface area contributed by atoms with Gasteiger partial charge in [-0.15, -0.1) is 0 Å². The van der Waals surface area contributed by atoms with Crippen molar-refractivity contribution in [1.82, 2.24) is 44.0 Å². The number of rotatable bonds is 9. The molecule has 8 aromatic carbocycles. The van der Waals surface area contributed by atoms with E-state index in [4.69, 9.17) is 34.9 Å². The number of benzene rings is 8. The molecule has 10 heteroatoms. The summed E-state index contributed by atoms with van der Waals surface area (Å²) in [7, 11) is 0. The standard InChI is InChI=1S/C66H42N10/c67-41-42-37-53(55-40-48(35-36-68-55)75-56-30-16-13-27-49(56)50-28-14-17-31-57(50)75)60(54(38-42)66-73-63(45-23-9-3-10-24-45)70-64(74-66)46-25-11-4-12-26-46)76-58-32-18-15-29-51(58)52-39-47(33-34-59(52)76)65-71-61(43-19-5-1-6-20-43)69-62(72-65)44-21-7-2-8-22-44/h1-32,35-40H,33-34H2. The minimum absolute atomic E-state index is 0.422. The number of nitriles is 1. The Balaban J connectivity index is 1.04. The van der Waals surface area contributed by atoms with E-state index in [1.165, 1.54) is 0 Å². The molecule has 0 unspecified atom stereocenters. The minimum Gasteiger partial charge on any atom is -0.312 e. The zero-order valence-electron chi connectivity index (χ0n) is 40.8. The predicted octanol–water partition coefficient (Wildman–Crippen LogP) is 14.9. The molecule has 5 heterocycles. The van der Waals surface area contributed by atoms with Crippen LogP contribution in [0.15, 0.2) is 225 Å². The monoisotopic (exact) mass is 974 g/mol. The highest BCUT2D eigenvalue weighted by Crippen LogP contribution is 2.45. The van der Waals surface area contributed by atoms with E-state index in [9.17, 15) is 5.26 Å². The third-order valence-electron chi connectivity index (χ3n) is 14.2. The SMILES string of the molecule is N#Cc1cc(-c2cc(-n3c4ccccc4c4ccccc43)ccn2)c(-n2c3c(c4ccccc42)C=C(c2nc(-c4ccccc4)nc(-c4ccccc4)n2)CC3)c(-c2nc(-c3ccccc3)nc(-c3ccccc3)n2)c1. The first-order valence-corrected chi connectivity index (χ1v) is 25.2. The fourth-order valence-electron chi connectivity index (χ4n) is 10.7. The molecule has 0 atom stereocenters. The molecule has 13 aromatic rings. The summed E-state index contributed by atoms with van der Waals surface area (Å²) in [6.07, 6.45) is 5.39. The van der Waals surface area contributed by atoms with Crippen LogP contribution in [-0.2, 0) is 6.42 Å². The highest BCUT2D eigenvalue weighted by Gasteiger charge is 2.29. The lowest BCUT2D eigenvalue weighted by Gasteiger charge is -2.22. The van der Waals surface area contributed by atoms with Crippen molar-refractivity contribution < 1.29 is 0 Å². The van der Waals surface area contributed by atoms with Gasteiger partial charge >= 0.3 is 0 Å². The largest absolute Gasteiger partial charge is 0.312 e. The van der Waals surface area contributed by atoms with Crippen LogP contribution in [0, 0.1) is 11.3 Å². The lowest BCUT2D eigenvalue weighted by atomic mass is 9.94. The molecular weight excluding hydrogens is 933 g/mol. The molecule has 76 heavy (non-hydrogen) atoms. The molecule has 0 saturated heterocycles. The third kappa shape index (κ3) is 7.70. The van der Waals surface area contributed by atoms with Gasteiger partial charge in [0.1, 0.15) is 0 Å². The molecule has 0 amide bonds. The second kappa shape index (κ2) is 18.5. The maximum atomic E-state index is 11.0. The Kier molecular flexibility index (Phi) is 10.8. The molecule has 0 fully saturated rings. The van der Waals surface area contributed by atoms with Gasteiger partial charge in [-0.1, -0.05) is 176 Å². The van der Waals surface area contributed by atoms with Crippen molar-refractivity contribution in [2.24, 2.45) is 0 Å². The van der Waals surface area contributed by atoms with Gasteiger partial charge in [-0.25, -0.2) is 29.9 Å². The quantitative estimate of drug-likeness (QED) is 0.140. The molecular formula is C66H42N10. The molecule has 14 rings (SSSR count). The summed E-state index contributed by atoms with van der Waals surface area (Å²) in [5.74, 6) is 3.31. The fourth-order valence-corrected chi connectivity index (χ4v) is 10.7. The summed E-state index contributed by atoms with van der Waals surface area (Å²) in [6, 6.07) is 76.2. The molecule has 0 saturated carbocycles.